The molecule has 68 valence electrons. The summed E-state index contributed by atoms with van der Waals surface area (Å²) in [5, 5.41) is 0. The van der Waals surface area contributed by atoms with Crippen molar-refractivity contribution >= 4 is 0 Å². The molecule has 0 fully saturated rings. The SMILES string of the molecule is FCCn1cnc(C(F)(F)F)c1. The predicted octanol–water partition coefficient (Wildman–Crippen LogP) is 1.87. The fourth-order valence-electron chi connectivity index (χ4n) is 0.726. The van der Waals surface area contributed by atoms with E-state index in [1.807, 2.05) is 0 Å². The zero-order valence-corrected chi connectivity index (χ0v) is 5.98. The molecule has 12 heavy (non-hydrogen) atoms. The normalized spacial score (nSPS) is 12.0. The molecule has 0 amide bonds. The van der Waals surface area contributed by atoms with Crippen molar-refractivity contribution in [2.24, 2.45) is 0 Å². The Bertz CT molecular complexity index is 252. The van der Waals surface area contributed by atoms with Crippen molar-refractivity contribution in [3.63, 3.8) is 0 Å². The largest absolute Gasteiger partial charge is 0.434 e. The van der Waals surface area contributed by atoms with Gasteiger partial charge in [-0.25, -0.2) is 9.37 Å². The van der Waals surface area contributed by atoms with E-state index >= 15 is 0 Å². The third-order valence-corrected chi connectivity index (χ3v) is 1.27. The first kappa shape index (κ1) is 9.02. The molecule has 1 rings (SSSR count). The van der Waals surface area contributed by atoms with Crippen LogP contribution in [0.25, 0.3) is 0 Å². The molecule has 0 saturated heterocycles. The van der Waals surface area contributed by atoms with Crippen LogP contribution >= 0.6 is 0 Å². The van der Waals surface area contributed by atoms with Crippen molar-refractivity contribution in [2.75, 3.05) is 6.67 Å². The maximum Gasteiger partial charge on any atom is 0.434 e. The number of hydrogen-bond acceptors (Lipinski definition) is 1. The lowest BCUT2D eigenvalue weighted by Gasteiger charge is -1.99. The zero-order chi connectivity index (χ0) is 9.19. The van der Waals surface area contributed by atoms with Crippen molar-refractivity contribution < 1.29 is 17.6 Å². The van der Waals surface area contributed by atoms with Crippen LogP contribution in [0, 0.1) is 0 Å². The Morgan fingerprint density at radius 3 is 2.50 bits per heavy atom. The molecule has 6 heteroatoms. The van der Waals surface area contributed by atoms with Crippen molar-refractivity contribution in [2.45, 2.75) is 12.7 Å². The number of hydrogen-bond donors (Lipinski definition) is 0. The minimum absolute atomic E-state index is 0.0942. The Kier molecular flexibility index (Phi) is 2.35. The topological polar surface area (TPSA) is 17.8 Å². The second-order valence-electron chi connectivity index (χ2n) is 2.18. The highest BCUT2D eigenvalue weighted by Crippen LogP contribution is 2.27. The fraction of sp³-hybridized carbons (Fsp3) is 0.500. The molecule has 0 spiro atoms. The number of rotatable bonds is 2. The highest BCUT2D eigenvalue weighted by Gasteiger charge is 2.33. The first-order valence-corrected chi connectivity index (χ1v) is 3.19. The molecule has 1 heterocycles. The predicted molar refractivity (Wildman–Crippen MR) is 33.2 cm³/mol. The van der Waals surface area contributed by atoms with Gasteiger partial charge in [0.05, 0.1) is 12.9 Å². The van der Waals surface area contributed by atoms with Gasteiger partial charge in [-0.05, 0) is 0 Å². The molecule has 0 N–H and O–H groups in total. The van der Waals surface area contributed by atoms with E-state index in [-0.39, 0.29) is 6.54 Å². The number of imidazole rings is 1. The van der Waals surface area contributed by atoms with Gasteiger partial charge in [0.2, 0.25) is 0 Å². The summed E-state index contributed by atoms with van der Waals surface area (Å²) in [7, 11) is 0. The van der Waals surface area contributed by atoms with Gasteiger partial charge in [0.15, 0.2) is 5.69 Å². The van der Waals surface area contributed by atoms with Gasteiger partial charge in [-0.2, -0.15) is 13.2 Å². The zero-order valence-electron chi connectivity index (χ0n) is 5.98. The lowest BCUT2D eigenvalue weighted by molar-refractivity contribution is -0.140. The molecule has 0 bridgehead atoms. The van der Waals surface area contributed by atoms with Crippen molar-refractivity contribution in [3.8, 4) is 0 Å². The monoisotopic (exact) mass is 182 g/mol. The number of nitrogens with zero attached hydrogens (tertiary/aromatic N) is 2. The van der Waals surface area contributed by atoms with E-state index in [0.717, 1.165) is 17.1 Å². The van der Waals surface area contributed by atoms with Crippen LogP contribution in [0.4, 0.5) is 17.6 Å². The van der Waals surface area contributed by atoms with Gasteiger partial charge in [0.25, 0.3) is 0 Å². The van der Waals surface area contributed by atoms with E-state index in [2.05, 4.69) is 4.98 Å². The molecule has 1 aromatic heterocycles. The van der Waals surface area contributed by atoms with Gasteiger partial charge in [-0.15, -0.1) is 0 Å². The van der Waals surface area contributed by atoms with Gasteiger partial charge < -0.3 is 4.57 Å². The van der Waals surface area contributed by atoms with Crippen LogP contribution in [-0.2, 0) is 12.7 Å². The molecule has 0 atom stereocenters. The quantitative estimate of drug-likeness (QED) is 0.638. The average molecular weight is 182 g/mol. The van der Waals surface area contributed by atoms with Crippen LogP contribution in [0.15, 0.2) is 12.5 Å². The van der Waals surface area contributed by atoms with Crippen LogP contribution in [0.5, 0.6) is 0 Å². The van der Waals surface area contributed by atoms with E-state index in [0.29, 0.717) is 0 Å². The maximum absolute atomic E-state index is 11.9. The molecule has 0 radical (unpaired) electrons. The first-order chi connectivity index (χ1) is 5.54. The molecule has 0 aliphatic heterocycles. The molecule has 1 aromatic rings. The fourth-order valence-corrected chi connectivity index (χ4v) is 0.726. The van der Waals surface area contributed by atoms with Crippen LogP contribution in [-0.4, -0.2) is 16.2 Å². The highest BCUT2D eigenvalue weighted by atomic mass is 19.4. The van der Waals surface area contributed by atoms with E-state index in [1.165, 1.54) is 0 Å². The number of halogens is 4. The number of alkyl halides is 4. The summed E-state index contributed by atoms with van der Waals surface area (Å²) < 4.78 is 48.3. The van der Waals surface area contributed by atoms with Gasteiger partial charge >= 0.3 is 6.18 Å². The lowest BCUT2D eigenvalue weighted by atomic mass is 10.5. The standard InChI is InChI=1S/C6H6F4N2/c7-1-2-12-3-5(11-4-12)6(8,9)10/h3-4H,1-2H2. The summed E-state index contributed by atoms with van der Waals surface area (Å²) >= 11 is 0. The molecule has 0 aromatic carbocycles. The van der Waals surface area contributed by atoms with Crippen LogP contribution in [0.2, 0.25) is 0 Å². The summed E-state index contributed by atoms with van der Waals surface area (Å²) in [5.41, 5.74) is -0.990. The second kappa shape index (κ2) is 3.12. The van der Waals surface area contributed by atoms with Crippen LogP contribution < -0.4 is 0 Å². The minimum atomic E-state index is -4.44. The van der Waals surface area contributed by atoms with E-state index in [1.54, 1.807) is 0 Å². The van der Waals surface area contributed by atoms with Gasteiger partial charge in [-0.3, -0.25) is 0 Å². The minimum Gasteiger partial charge on any atom is -0.334 e. The van der Waals surface area contributed by atoms with Crippen molar-refractivity contribution in [3.05, 3.63) is 18.2 Å². The number of aryl methyl sites for hydroxylation is 1. The summed E-state index contributed by atoms with van der Waals surface area (Å²) in [5.74, 6) is 0. The average Bonchev–Trinajstić information content (AvgIpc) is 2.35. The molecular weight excluding hydrogens is 176 g/mol. The van der Waals surface area contributed by atoms with E-state index in [9.17, 15) is 17.6 Å². The van der Waals surface area contributed by atoms with E-state index in [4.69, 9.17) is 0 Å². The molecule has 2 nitrogen and oxygen atoms in total. The molecule has 0 aliphatic carbocycles. The third kappa shape index (κ3) is 1.96. The van der Waals surface area contributed by atoms with Crippen molar-refractivity contribution in [1.29, 1.82) is 0 Å². The van der Waals surface area contributed by atoms with Gasteiger partial charge in [0.1, 0.15) is 6.67 Å². The van der Waals surface area contributed by atoms with Crippen LogP contribution in [0.3, 0.4) is 0 Å². The van der Waals surface area contributed by atoms with Gasteiger partial charge in [0, 0.05) is 6.20 Å². The third-order valence-electron chi connectivity index (χ3n) is 1.27. The Balaban J connectivity index is 2.77. The second-order valence-corrected chi connectivity index (χ2v) is 2.18. The number of aromatic nitrogens is 2. The smallest absolute Gasteiger partial charge is 0.334 e. The Morgan fingerprint density at radius 1 is 1.42 bits per heavy atom. The van der Waals surface area contributed by atoms with Crippen LogP contribution in [0.1, 0.15) is 5.69 Å². The lowest BCUT2D eigenvalue weighted by Crippen LogP contribution is -2.05. The highest BCUT2D eigenvalue weighted by molar-refractivity contribution is 5.01. The Morgan fingerprint density at radius 2 is 2.08 bits per heavy atom. The van der Waals surface area contributed by atoms with Gasteiger partial charge in [-0.1, -0.05) is 0 Å². The summed E-state index contributed by atoms with van der Waals surface area (Å²) in [6.45, 7) is -0.795. The maximum atomic E-state index is 11.9. The Hall–Kier alpha value is -1.07. The summed E-state index contributed by atoms with van der Waals surface area (Å²) in [4.78, 5) is 3.08. The summed E-state index contributed by atoms with van der Waals surface area (Å²) in [6, 6.07) is 0. The summed E-state index contributed by atoms with van der Waals surface area (Å²) in [6.07, 6.45) is -2.70. The Labute approximate surface area is 65.8 Å². The molecular formula is C6H6F4N2. The molecule has 0 unspecified atom stereocenters. The molecule has 0 saturated carbocycles. The van der Waals surface area contributed by atoms with E-state index < -0.39 is 18.5 Å². The molecule has 0 aliphatic rings. The van der Waals surface area contributed by atoms with Crippen molar-refractivity contribution in [1.82, 2.24) is 9.55 Å². The first-order valence-electron chi connectivity index (χ1n) is 3.19.